The van der Waals surface area contributed by atoms with E-state index < -0.39 is 5.41 Å². The van der Waals surface area contributed by atoms with Crippen molar-refractivity contribution in [1.82, 2.24) is 14.7 Å². The van der Waals surface area contributed by atoms with Gasteiger partial charge in [-0.1, -0.05) is 44.5 Å². The largest absolute Gasteiger partial charge is 0.340 e. The molecule has 4 nitrogen and oxygen atoms in total. The molecule has 2 aliphatic heterocycles. The summed E-state index contributed by atoms with van der Waals surface area (Å²) in [6, 6.07) is 9.26. The molecule has 35 heavy (non-hydrogen) atoms. The molecule has 3 fully saturated rings. The van der Waals surface area contributed by atoms with Crippen LogP contribution in [0, 0.1) is 11.8 Å². The lowest BCUT2D eigenvalue weighted by atomic mass is 9.78. The quantitative estimate of drug-likeness (QED) is 0.463. The molecule has 0 spiro atoms. The summed E-state index contributed by atoms with van der Waals surface area (Å²) in [5, 5.41) is 0.731. The first-order valence-electron chi connectivity index (χ1n) is 14.1. The van der Waals surface area contributed by atoms with E-state index in [2.05, 4.69) is 68.4 Å². The van der Waals surface area contributed by atoms with Crippen molar-refractivity contribution in [3.05, 3.63) is 34.9 Å². The number of nitrogens with zero attached hydrogens (tertiary/aromatic N) is 3. The molecule has 1 aliphatic carbocycles. The van der Waals surface area contributed by atoms with Crippen molar-refractivity contribution in [1.29, 1.82) is 0 Å². The molecule has 5 heteroatoms. The van der Waals surface area contributed by atoms with Crippen LogP contribution >= 0.6 is 11.6 Å². The summed E-state index contributed by atoms with van der Waals surface area (Å²) in [6.07, 6.45) is 7.29. The third-order valence-electron chi connectivity index (χ3n) is 8.97. The average molecular weight is 502 g/mol. The molecule has 0 bridgehead atoms. The van der Waals surface area contributed by atoms with Crippen LogP contribution in [0.1, 0.15) is 85.6 Å². The Labute approximate surface area is 219 Å². The molecule has 0 unspecified atom stereocenters. The fourth-order valence-electron chi connectivity index (χ4n) is 6.78. The van der Waals surface area contributed by atoms with E-state index in [0.717, 1.165) is 62.1 Å². The van der Waals surface area contributed by atoms with Crippen molar-refractivity contribution in [2.75, 3.05) is 32.7 Å². The Morgan fingerprint density at radius 2 is 1.71 bits per heavy atom. The third kappa shape index (κ3) is 5.91. The van der Waals surface area contributed by atoms with Crippen molar-refractivity contribution in [3.8, 4) is 0 Å². The van der Waals surface area contributed by atoms with E-state index in [4.69, 9.17) is 11.6 Å². The highest BCUT2D eigenvalue weighted by Gasteiger charge is 2.51. The number of hydrogen-bond acceptors (Lipinski definition) is 3. The number of hydrogen-bond donors (Lipinski definition) is 0. The highest BCUT2D eigenvalue weighted by Crippen LogP contribution is 2.41. The van der Waals surface area contributed by atoms with Gasteiger partial charge in [0.25, 0.3) is 0 Å². The first-order chi connectivity index (χ1) is 16.5. The second-order valence-corrected chi connectivity index (χ2v) is 13.6. The number of carbonyl (C=O) groups excluding carboxylic acids is 1. The van der Waals surface area contributed by atoms with E-state index in [1.54, 1.807) is 0 Å². The molecule has 196 valence electrons. The summed E-state index contributed by atoms with van der Waals surface area (Å²) in [5.74, 6) is 1.84. The number of benzene rings is 1. The highest BCUT2D eigenvalue weighted by molar-refractivity contribution is 6.30. The number of carbonyl (C=O) groups is 1. The van der Waals surface area contributed by atoms with Crippen LogP contribution in [0.25, 0.3) is 0 Å². The molecule has 1 amide bonds. The van der Waals surface area contributed by atoms with Crippen molar-refractivity contribution in [2.24, 2.45) is 11.8 Å². The van der Waals surface area contributed by atoms with Gasteiger partial charge in [0.05, 0.1) is 5.41 Å². The van der Waals surface area contributed by atoms with Gasteiger partial charge < -0.3 is 4.90 Å². The topological polar surface area (TPSA) is 26.8 Å². The fraction of sp³-hybridized carbons (Fsp3) is 0.767. The predicted molar refractivity (Wildman–Crippen MR) is 147 cm³/mol. The van der Waals surface area contributed by atoms with Crippen molar-refractivity contribution in [3.63, 3.8) is 0 Å². The Kier molecular flexibility index (Phi) is 8.25. The lowest BCUT2D eigenvalue weighted by Crippen LogP contribution is -2.52. The molecule has 2 heterocycles. The molecule has 4 rings (SSSR count). The average Bonchev–Trinajstić information content (AvgIpc) is 3.47. The lowest BCUT2D eigenvalue weighted by Gasteiger charge is -2.41. The highest BCUT2D eigenvalue weighted by atomic mass is 35.5. The zero-order valence-electron chi connectivity index (χ0n) is 23.0. The smallest absolute Gasteiger partial charge is 0.234 e. The summed E-state index contributed by atoms with van der Waals surface area (Å²) < 4.78 is 0. The molecule has 1 aromatic carbocycles. The molecule has 2 atom stereocenters. The van der Waals surface area contributed by atoms with Crippen molar-refractivity contribution in [2.45, 2.75) is 103 Å². The van der Waals surface area contributed by atoms with Gasteiger partial charge in [0.2, 0.25) is 5.91 Å². The van der Waals surface area contributed by atoms with Gasteiger partial charge in [0.15, 0.2) is 0 Å². The van der Waals surface area contributed by atoms with Gasteiger partial charge in [0.1, 0.15) is 0 Å². The van der Waals surface area contributed by atoms with Crippen molar-refractivity contribution >= 4 is 17.5 Å². The molecule has 0 N–H and O–H groups in total. The van der Waals surface area contributed by atoms with Crippen LogP contribution in [0.15, 0.2) is 24.3 Å². The number of likely N-dealkylation sites (tertiary alicyclic amines) is 2. The Balaban J connectivity index is 1.55. The Morgan fingerprint density at radius 1 is 1.06 bits per heavy atom. The summed E-state index contributed by atoms with van der Waals surface area (Å²) in [5.41, 5.74) is 0.701. The molecule has 0 aromatic heterocycles. The minimum absolute atomic E-state index is 0.0498. The third-order valence-corrected chi connectivity index (χ3v) is 9.23. The van der Waals surface area contributed by atoms with E-state index in [1.165, 1.54) is 25.7 Å². The van der Waals surface area contributed by atoms with Crippen LogP contribution in [-0.2, 0) is 10.2 Å². The van der Waals surface area contributed by atoms with Crippen molar-refractivity contribution < 1.29 is 4.79 Å². The maximum absolute atomic E-state index is 14.4. The van der Waals surface area contributed by atoms with Gasteiger partial charge in [-0.15, -0.1) is 0 Å². The first kappa shape index (κ1) is 26.9. The second kappa shape index (κ2) is 10.7. The maximum Gasteiger partial charge on any atom is 0.234 e. The lowest BCUT2D eigenvalue weighted by molar-refractivity contribution is -0.136. The predicted octanol–water partition coefficient (Wildman–Crippen LogP) is 6.22. The normalized spacial score (nSPS) is 30.5. The summed E-state index contributed by atoms with van der Waals surface area (Å²) in [7, 11) is 0. The van der Waals surface area contributed by atoms with E-state index in [9.17, 15) is 4.79 Å². The van der Waals surface area contributed by atoms with Crippen LogP contribution in [0.2, 0.25) is 5.02 Å². The Hall–Kier alpha value is -1.10. The van der Waals surface area contributed by atoms with Crippen LogP contribution in [-0.4, -0.2) is 71.0 Å². The molecule has 1 aromatic rings. The van der Waals surface area contributed by atoms with E-state index in [1.807, 2.05) is 12.1 Å². The van der Waals surface area contributed by atoms with Crippen LogP contribution in [0.3, 0.4) is 0 Å². The van der Waals surface area contributed by atoms with Gasteiger partial charge in [-0.25, -0.2) is 0 Å². The minimum Gasteiger partial charge on any atom is -0.340 e. The van der Waals surface area contributed by atoms with E-state index in [0.29, 0.717) is 23.9 Å². The number of halogens is 1. The van der Waals surface area contributed by atoms with Gasteiger partial charge in [-0.05, 0) is 88.8 Å². The minimum atomic E-state index is -0.476. The molecule has 2 saturated heterocycles. The number of amides is 1. The number of rotatable bonds is 6. The monoisotopic (exact) mass is 501 g/mol. The standard InChI is InChI=1S/C30H48ClN3O/c1-22(2)19-34(26-13-7-23(3)8-14-26)27-15-17-32(20-27)28(35)30(24-9-11-25(31)12-10-24)16-18-33(21-30)29(4,5)6/h9-12,22-23,26-27H,7-8,13-21H2,1-6H3/t23?,26?,27-,30+/m0/s1. The van der Waals surface area contributed by atoms with Gasteiger partial charge in [-0.2, -0.15) is 0 Å². The Morgan fingerprint density at radius 3 is 2.29 bits per heavy atom. The molecule has 0 radical (unpaired) electrons. The maximum atomic E-state index is 14.4. The molecule has 1 saturated carbocycles. The zero-order chi connectivity index (χ0) is 25.4. The molecular weight excluding hydrogens is 454 g/mol. The van der Waals surface area contributed by atoms with Gasteiger partial charge in [-0.3, -0.25) is 14.6 Å². The molecular formula is C30H48ClN3O. The van der Waals surface area contributed by atoms with Crippen LogP contribution in [0.5, 0.6) is 0 Å². The SMILES string of the molecule is CC(C)CN(C1CCC(C)CC1)[C@H]1CCN(C(=O)[C@]2(c3ccc(Cl)cc3)CCN(C(C)(C)C)C2)C1. The summed E-state index contributed by atoms with van der Waals surface area (Å²) >= 11 is 6.24. The van der Waals surface area contributed by atoms with E-state index >= 15 is 0 Å². The Bertz CT molecular complexity index is 855. The van der Waals surface area contributed by atoms with Gasteiger partial charge in [0, 0.05) is 55.4 Å². The summed E-state index contributed by atoms with van der Waals surface area (Å²) in [4.78, 5) is 21.9. The summed E-state index contributed by atoms with van der Waals surface area (Å²) in [6.45, 7) is 18.5. The first-order valence-corrected chi connectivity index (χ1v) is 14.4. The van der Waals surface area contributed by atoms with E-state index in [-0.39, 0.29) is 5.54 Å². The second-order valence-electron chi connectivity index (χ2n) is 13.1. The van der Waals surface area contributed by atoms with Crippen LogP contribution in [0.4, 0.5) is 0 Å². The zero-order valence-corrected chi connectivity index (χ0v) is 23.8. The fourth-order valence-corrected chi connectivity index (χ4v) is 6.90. The van der Waals surface area contributed by atoms with Gasteiger partial charge >= 0.3 is 0 Å². The molecule has 3 aliphatic rings. The van der Waals surface area contributed by atoms with Crippen LogP contribution < -0.4 is 0 Å².